The molecule has 1 aliphatic heterocycles. The molecule has 1 aromatic carbocycles. The quantitative estimate of drug-likeness (QED) is 0.754. The van der Waals surface area contributed by atoms with Gasteiger partial charge >= 0.3 is 0 Å². The zero-order chi connectivity index (χ0) is 13.0. The van der Waals surface area contributed by atoms with E-state index in [1.807, 2.05) is 6.20 Å². The highest BCUT2D eigenvalue weighted by Gasteiger charge is 2.11. The van der Waals surface area contributed by atoms with Gasteiger partial charge in [-0.3, -0.25) is 0 Å². The predicted octanol–water partition coefficient (Wildman–Crippen LogP) is 4.34. The molecular formula is C14H14Cl2N2. The average molecular weight is 281 g/mol. The second-order valence-corrected chi connectivity index (χ2v) is 5.22. The second-order valence-electron chi connectivity index (χ2n) is 4.38. The molecule has 1 saturated heterocycles. The van der Waals surface area contributed by atoms with Crippen molar-refractivity contribution in [2.45, 2.75) is 19.3 Å². The summed E-state index contributed by atoms with van der Waals surface area (Å²) in [5, 5.41) is 10.4. The van der Waals surface area contributed by atoms with Gasteiger partial charge in [-0.1, -0.05) is 29.3 Å². The molecule has 4 heteroatoms. The van der Waals surface area contributed by atoms with E-state index in [0.29, 0.717) is 15.6 Å². The van der Waals surface area contributed by atoms with E-state index in [4.69, 9.17) is 23.2 Å². The number of hydrogen-bond donors (Lipinski definition) is 0. The van der Waals surface area contributed by atoms with Gasteiger partial charge in [0.2, 0.25) is 0 Å². The van der Waals surface area contributed by atoms with Gasteiger partial charge in [-0.25, -0.2) is 0 Å². The topological polar surface area (TPSA) is 27.0 Å². The van der Waals surface area contributed by atoms with Gasteiger partial charge in [0.1, 0.15) is 6.07 Å². The maximum absolute atomic E-state index is 9.27. The summed E-state index contributed by atoms with van der Waals surface area (Å²) in [7, 11) is 0. The van der Waals surface area contributed by atoms with Crippen molar-refractivity contribution in [2.24, 2.45) is 0 Å². The van der Waals surface area contributed by atoms with E-state index in [2.05, 4.69) is 11.0 Å². The van der Waals surface area contributed by atoms with Crippen molar-refractivity contribution in [3.8, 4) is 6.07 Å². The van der Waals surface area contributed by atoms with E-state index in [1.54, 1.807) is 18.2 Å². The number of rotatable bonds is 2. The number of nitrogens with zero attached hydrogens (tertiary/aromatic N) is 2. The van der Waals surface area contributed by atoms with Crippen molar-refractivity contribution < 1.29 is 0 Å². The van der Waals surface area contributed by atoms with Gasteiger partial charge < -0.3 is 4.90 Å². The summed E-state index contributed by atoms with van der Waals surface area (Å²) in [4.78, 5) is 2.19. The molecule has 0 saturated carbocycles. The Hall–Kier alpha value is -1.17. The molecule has 0 spiro atoms. The molecule has 0 aromatic heterocycles. The largest absolute Gasteiger partial charge is 0.376 e. The van der Waals surface area contributed by atoms with E-state index in [0.717, 1.165) is 18.7 Å². The third-order valence-electron chi connectivity index (χ3n) is 3.04. The summed E-state index contributed by atoms with van der Waals surface area (Å²) >= 11 is 12.0. The van der Waals surface area contributed by atoms with Gasteiger partial charge in [0.25, 0.3) is 0 Å². The lowest BCUT2D eigenvalue weighted by atomic mass is 10.1. The Morgan fingerprint density at radius 2 is 1.94 bits per heavy atom. The lowest BCUT2D eigenvalue weighted by Crippen LogP contribution is -2.24. The number of allylic oxidation sites excluding steroid dienone is 1. The summed E-state index contributed by atoms with van der Waals surface area (Å²) in [6.45, 7) is 2.02. The first-order valence-corrected chi connectivity index (χ1v) is 6.77. The van der Waals surface area contributed by atoms with Crippen molar-refractivity contribution in [1.29, 1.82) is 5.26 Å². The van der Waals surface area contributed by atoms with Crippen LogP contribution in [-0.4, -0.2) is 18.0 Å². The van der Waals surface area contributed by atoms with Crippen LogP contribution < -0.4 is 0 Å². The van der Waals surface area contributed by atoms with Crippen LogP contribution in [-0.2, 0) is 0 Å². The van der Waals surface area contributed by atoms with E-state index in [1.165, 1.54) is 19.3 Å². The molecule has 0 atom stereocenters. The lowest BCUT2D eigenvalue weighted by Gasteiger charge is -2.25. The normalized spacial score (nSPS) is 16.5. The van der Waals surface area contributed by atoms with Crippen LogP contribution in [0.3, 0.4) is 0 Å². The summed E-state index contributed by atoms with van der Waals surface area (Å²) in [6.07, 6.45) is 5.55. The molecule has 1 fully saturated rings. The standard InChI is InChI=1S/C14H14Cl2N2/c15-12-4-5-13(14(16)8-12)11(9-17)10-18-6-2-1-3-7-18/h4-5,8,10H,1-3,6-7H2/b11-10+. The fourth-order valence-corrected chi connectivity index (χ4v) is 2.61. The molecule has 1 aliphatic rings. The maximum atomic E-state index is 9.27. The molecule has 2 nitrogen and oxygen atoms in total. The molecule has 0 aliphatic carbocycles. The minimum Gasteiger partial charge on any atom is -0.376 e. The molecule has 0 unspecified atom stereocenters. The average Bonchev–Trinajstić information content (AvgIpc) is 2.38. The number of likely N-dealkylation sites (tertiary alicyclic amines) is 1. The van der Waals surface area contributed by atoms with E-state index >= 15 is 0 Å². The Balaban J connectivity index is 2.27. The third kappa shape index (κ3) is 3.19. The van der Waals surface area contributed by atoms with Crippen LogP contribution in [0.25, 0.3) is 5.57 Å². The zero-order valence-corrected chi connectivity index (χ0v) is 11.5. The molecule has 0 radical (unpaired) electrons. The summed E-state index contributed by atoms with van der Waals surface area (Å²) in [5.74, 6) is 0. The number of nitriles is 1. The van der Waals surface area contributed by atoms with E-state index in [9.17, 15) is 5.26 Å². The van der Waals surface area contributed by atoms with Crippen molar-refractivity contribution in [1.82, 2.24) is 4.90 Å². The number of hydrogen-bond acceptors (Lipinski definition) is 2. The SMILES string of the molecule is N#C/C(=C\N1CCCCC1)c1ccc(Cl)cc1Cl. The highest BCUT2D eigenvalue weighted by Crippen LogP contribution is 2.27. The minimum atomic E-state index is 0.521. The Kier molecular flexibility index (Phi) is 4.52. The van der Waals surface area contributed by atoms with Gasteiger partial charge in [-0.2, -0.15) is 5.26 Å². The van der Waals surface area contributed by atoms with Crippen LogP contribution in [0.5, 0.6) is 0 Å². The van der Waals surface area contributed by atoms with E-state index in [-0.39, 0.29) is 0 Å². The first kappa shape index (κ1) is 13.3. The highest BCUT2D eigenvalue weighted by molar-refractivity contribution is 6.35. The Bertz CT molecular complexity index is 497. The Morgan fingerprint density at radius 3 is 2.56 bits per heavy atom. The molecule has 2 rings (SSSR count). The Labute approximate surface area is 117 Å². The van der Waals surface area contributed by atoms with Crippen molar-refractivity contribution in [3.05, 3.63) is 40.0 Å². The van der Waals surface area contributed by atoms with Crippen LogP contribution in [0.2, 0.25) is 10.0 Å². The predicted molar refractivity (Wildman–Crippen MR) is 75.5 cm³/mol. The highest BCUT2D eigenvalue weighted by atomic mass is 35.5. The maximum Gasteiger partial charge on any atom is 0.101 e. The molecule has 1 heterocycles. The number of benzene rings is 1. The lowest BCUT2D eigenvalue weighted by molar-refractivity contribution is 0.310. The van der Waals surface area contributed by atoms with Crippen LogP contribution in [0.15, 0.2) is 24.4 Å². The smallest absolute Gasteiger partial charge is 0.101 e. The van der Waals surface area contributed by atoms with Crippen LogP contribution in [0.4, 0.5) is 0 Å². The van der Waals surface area contributed by atoms with Crippen molar-refractivity contribution in [2.75, 3.05) is 13.1 Å². The van der Waals surface area contributed by atoms with Gasteiger partial charge in [-0.15, -0.1) is 0 Å². The van der Waals surface area contributed by atoms with E-state index < -0.39 is 0 Å². The van der Waals surface area contributed by atoms with Gasteiger partial charge in [0.15, 0.2) is 0 Å². The zero-order valence-electron chi connectivity index (χ0n) is 10.00. The van der Waals surface area contributed by atoms with Crippen LogP contribution >= 0.6 is 23.2 Å². The first-order chi connectivity index (χ1) is 8.70. The van der Waals surface area contributed by atoms with Crippen LogP contribution in [0, 0.1) is 11.3 Å². The minimum absolute atomic E-state index is 0.521. The molecule has 0 amide bonds. The molecule has 1 aromatic rings. The second kappa shape index (κ2) is 6.13. The van der Waals surface area contributed by atoms with Crippen molar-refractivity contribution in [3.63, 3.8) is 0 Å². The van der Waals surface area contributed by atoms with Gasteiger partial charge in [0.05, 0.1) is 10.6 Å². The first-order valence-electron chi connectivity index (χ1n) is 6.02. The molecule has 94 valence electrons. The summed E-state index contributed by atoms with van der Waals surface area (Å²) < 4.78 is 0. The van der Waals surface area contributed by atoms with Gasteiger partial charge in [-0.05, 0) is 31.4 Å². The fourth-order valence-electron chi connectivity index (χ4n) is 2.10. The number of piperidine rings is 1. The van der Waals surface area contributed by atoms with Crippen molar-refractivity contribution >= 4 is 28.8 Å². The molecule has 0 N–H and O–H groups in total. The molecule has 18 heavy (non-hydrogen) atoms. The summed E-state index contributed by atoms with van der Waals surface area (Å²) in [6, 6.07) is 7.43. The van der Waals surface area contributed by atoms with Gasteiger partial charge in [0, 0.05) is 29.9 Å². The number of halogens is 2. The Morgan fingerprint density at radius 1 is 1.22 bits per heavy atom. The fraction of sp³-hybridized carbons (Fsp3) is 0.357. The summed E-state index contributed by atoms with van der Waals surface area (Å²) in [5.41, 5.74) is 1.34. The third-order valence-corrected chi connectivity index (χ3v) is 3.59. The molecular weight excluding hydrogens is 267 g/mol. The monoisotopic (exact) mass is 280 g/mol. The molecule has 0 bridgehead atoms. The van der Waals surface area contributed by atoms with Crippen LogP contribution in [0.1, 0.15) is 24.8 Å².